The first-order valence-corrected chi connectivity index (χ1v) is 5.21. The molecule has 0 aliphatic carbocycles. The Morgan fingerprint density at radius 2 is 2.12 bits per heavy atom. The minimum atomic E-state index is -0.972. The monoisotopic (exact) mass is 223 g/mol. The number of ether oxygens (including phenoxy) is 1. The number of benzene rings is 1. The fraction of sp³-hybridized carbons (Fsp3) is 0.417. The van der Waals surface area contributed by atoms with Crippen LogP contribution in [0, 0.1) is 0 Å². The van der Waals surface area contributed by atoms with Crippen LogP contribution in [0.1, 0.15) is 12.0 Å². The van der Waals surface area contributed by atoms with E-state index in [2.05, 4.69) is 0 Å². The zero-order chi connectivity index (χ0) is 11.8. The van der Waals surface area contributed by atoms with Crippen LogP contribution >= 0.6 is 0 Å². The molecule has 0 heterocycles. The van der Waals surface area contributed by atoms with E-state index < -0.39 is 6.41 Å². The number of aliphatic hydroxyl groups excluding tert-OH is 1. The molecule has 0 radical (unpaired) electrons. The van der Waals surface area contributed by atoms with Crippen molar-refractivity contribution in [3.8, 4) is 0 Å². The average molecular weight is 223 g/mol. The molecule has 88 valence electrons. The summed E-state index contributed by atoms with van der Waals surface area (Å²) in [6.45, 7) is 0.840. The molecule has 0 fully saturated rings. The number of carbonyl (C=O) groups is 1. The van der Waals surface area contributed by atoms with Gasteiger partial charge >= 0.3 is 0 Å². The highest BCUT2D eigenvalue weighted by Crippen LogP contribution is 2.04. The largest absolute Gasteiger partial charge is 0.356 e. The molecule has 0 spiro atoms. The van der Waals surface area contributed by atoms with Crippen molar-refractivity contribution in [2.45, 2.75) is 19.4 Å². The Hall–Kier alpha value is -1.23. The van der Waals surface area contributed by atoms with E-state index in [4.69, 9.17) is 4.74 Å². The minimum absolute atomic E-state index is 0.355. The Bertz CT molecular complexity index is 302. The molecule has 1 N–H and O–H groups in total. The molecule has 1 atom stereocenters. The quantitative estimate of drug-likeness (QED) is 0.553. The Balaban J connectivity index is 2.29. The Morgan fingerprint density at radius 3 is 2.75 bits per heavy atom. The van der Waals surface area contributed by atoms with Crippen LogP contribution < -0.4 is 0 Å². The summed E-state index contributed by atoms with van der Waals surface area (Å²) in [6, 6.07) is 9.62. The second-order valence-corrected chi connectivity index (χ2v) is 3.56. The number of aldehydes is 1. The molecule has 4 heteroatoms. The summed E-state index contributed by atoms with van der Waals surface area (Å²) in [5.74, 6) is 0. The molecule has 16 heavy (non-hydrogen) atoms. The van der Waals surface area contributed by atoms with Crippen LogP contribution in [0.15, 0.2) is 30.3 Å². The van der Waals surface area contributed by atoms with Crippen molar-refractivity contribution in [1.82, 2.24) is 4.90 Å². The average Bonchev–Trinajstić information content (AvgIpc) is 2.34. The zero-order valence-electron chi connectivity index (χ0n) is 9.37. The van der Waals surface area contributed by atoms with Crippen molar-refractivity contribution < 1.29 is 14.6 Å². The molecule has 1 aromatic rings. The summed E-state index contributed by atoms with van der Waals surface area (Å²) in [4.78, 5) is 11.7. The first kappa shape index (κ1) is 12.8. The van der Waals surface area contributed by atoms with Gasteiger partial charge in [0.15, 0.2) is 0 Å². The number of hydrogen-bond donors (Lipinski definition) is 1. The van der Waals surface area contributed by atoms with E-state index in [1.54, 1.807) is 11.9 Å². The maximum absolute atomic E-state index is 10.2. The molecule has 1 unspecified atom stereocenters. The van der Waals surface area contributed by atoms with Crippen molar-refractivity contribution in [2.75, 3.05) is 13.6 Å². The summed E-state index contributed by atoms with van der Waals surface area (Å²) >= 11 is 0. The Kier molecular flexibility index (Phi) is 5.71. The lowest BCUT2D eigenvalue weighted by atomic mass is 10.2. The first-order valence-electron chi connectivity index (χ1n) is 5.21. The number of rotatable bonds is 7. The van der Waals surface area contributed by atoms with Crippen LogP contribution in [0.2, 0.25) is 0 Å². The Morgan fingerprint density at radius 1 is 1.44 bits per heavy atom. The van der Waals surface area contributed by atoms with Crippen molar-refractivity contribution in [3.05, 3.63) is 35.9 Å². The third kappa shape index (κ3) is 4.53. The van der Waals surface area contributed by atoms with E-state index in [1.165, 1.54) is 0 Å². The number of carbonyl (C=O) groups excluding carboxylic acids is 1. The normalized spacial score (nSPS) is 12.7. The highest BCUT2D eigenvalue weighted by atomic mass is 16.6. The van der Waals surface area contributed by atoms with Gasteiger partial charge < -0.3 is 14.6 Å². The van der Waals surface area contributed by atoms with E-state index >= 15 is 0 Å². The lowest BCUT2D eigenvalue weighted by molar-refractivity contribution is -0.191. The van der Waals surface area contributed by atoms with E-state index in [1.807, 2.05) is 30.3 Å². The van der Waals surface area contributed by atoms with Gasteiger partial charge in [-0.1, -0.05) is 30.3 Å². The standard InChI is InChI=1S/C12H17NO3/c1-13(8-5-9-14)12(15)16-10-11-6-3-2-4-7-11/h2-4,6-7,9,12,15H,5,8,10H2,1H3. The fourth-order valence-corrected chi connectivity index (χ4v) is 1.24. The fourth-order valence-electron chi connectivity index (χ4n) is 1.24. The predicted molar refractivity (Wildman–Crippen MR) is 60.5 cm³/mol. The van der Waals surface area contributed by atoms with Gasteiger partial charge in [-0.15, -0.1) is 0 Å². The maximum Gasteiger partial charge on any atom is 0.216 e. The van der Waals surface area contributed by atoms with Gasteiger partial charge in [0, 0.05) is 13.0 Å². The number of hydrogen-bond acceptors (Lipinski definition) is 4. The lowest BCUT2D eigenvalue weighted by Crippen LogP contribution is -2.34. The third-order valence-corrected chi connectivity index (χ3v) is 2.22. The molecule has 0 saturated carbocycles. The van der Waals surface area contributed by atoms with Crippen molar-refractivity contribution in [1.29, 1.82) is 0 Å². The molecule has 0 aliphatic rings. The number of nitrogens with zero attached hydrogens (tertiary/aromatic N) is 1. The summed E-state index contributed by atoms with van der Waals surface area (Å²) < 4.78 is 5.25. The van der Waals surface area contributed by atoms with Crippen LogP contribution in [0.25, 0.3) is 0 Å². The Labute approximate surface area is 95.5 Å². The van der Waals surface area contributed by atoms with Crippen molar-refractivity contribution >= 4 is 6.29 Å². The van der Waals surface area contributed by atoms with Gasteiger partial charge in [-0.2, -0.15) is 0 Å². The molecular weight excluding hydrogens is 206 g/mol. The minimum Gasteiger partial charge on any atom is -0.356 e. The molecule has 0 amide bonds. The van der Waals surface area contributed by atoms with E-state index in [0.717, 1.165) is 11.8 Å². The number of aliphatic hydroxyl groups is 1. The van der Waals surface area contributed by atoms with Crippen LogP contribution in [0.5, 0.6) is 0 Å². The van der Waals surface area contributed by atoms with Gasteiger partial charge in [0.2, 0.25) is 6.41 Å². The molecule has 0 saturated heterocycles. The second kappa shape index (κ2) is 7.11. The molecule has 0 bridgehead atoms. The maximum atomic E-state index is 10.2. The van der Waals surface area contributed by atoms with Gasteiger partial charge in [-0.05, 0) is 12.6 Å². The van der Waals surface area contributed by atoms with E-state index in [9.17, 15) is 9.90 Å². The topological polar surface area (TPSA) is 49.8 Å². The van der Waals surface area contributed by atoms with Crippen LogP contribution in [-0.2, 0) is 16.1 Å². The van der Waals surface area contributed by atoms with Gasteiger partial charge in [0.25, 0.3) is 0 Å². The third-order valence-electron chi connectivity index (χ3n) is 2.22. The highest BCUT2D eigenvalue weighted by molar-refractivity contribution is 5.49. The molecule has 4 nitrogen and oxygen atoms in total. The molecule has 1 rings (SSSR count). The van der Waals surface area contributed by atoms with Gasteiger partial charge in [-0.25, -0.2) is 0 Å². The first-order chi connectivity index (χ1) is 7.74. The molecule has 0 aliphatic heterocycles. The van der Waals surface area contributed by atoms with E-state index in [-0.39, 0.29) is 0 Å². The van der Waals surface area contributed by atoms with Crippen LogP contribution in [-0.4, -0.2) is 36.3 Å². The SMILES string of the molecule is CN(CCC=O)C(O)OCc1ccccc1. The summed E-state index contributed by atoms with van der Waals surface area (Å²) in [6.07, 6.45) is 0.239. The summed E-state index contributed by atoms with van der Waals surface area (Å²) in [7, 11) is 1.71. The lowest BCUT2D eigenvalue weighted by Gasteiger charge is -2.22. The zero-order valence-corrected chi connectivity index (χ0v) is 9.37. The van der Waals surface area contributed by atoms with Gasteiger partial charge in [0.05, 0.1) is 6.61 Å². The van der Waals surface area contributed by atoms with E-state index in [0.29, 0.717) is 19.6 Å². The predicted octanol–water partition coefficient (Wildman–Crippen LogP) is 1.000. The van der Waals surface area contributed by atoms with Crippen molar-refractivity contribution in [3.63, 3.8) is 0 Å². The molecular formula is C12H17NO3. The molecule has 1 aromatic carbocycles. The highest BCUT2D eigenvalue weighted by Gasteiger charge is 2.10. The van der Waals surface area contributed by atoms with Gasteiger partial charge in [0.1, 0.15) is 6.29 Å². The summed E-state index contributed by atoms with van der Waals surface area (Å²) in [5, 5.41) is 9.59. The summed E-state index contributed by atoms with van der Waals surface area (Å²) in [5.41, 5.74) is 1.00. The smallest absolute Gasteiger partial charge is 0.216 e. The van der Waals surface area contributed by atoms with Gasteiger partial charge in [-0.3, -0.25) is 4.90 Å². The molecule has 0 aromatic heterocycles. The van der Waals surface area contributed by atoms with Crippen LogP contribution in [0.3, 0.4) is 0 Å². The van der Waals surface area contributed by atoms with Crippen molar-refractivity contribution in [2.24, 2.45) is 0 Å². The van der Waals surface area contributed by atoms with Crippen LogP contribution in [0.4, 0.5) is 0 Å². The second-order valence-electron chi connectivity index (χ2n) is 3.56.